The number of rotatable bonds is 0. The predicted octanol–water partition coefficient (Wildman–Crippen LogP) is 4.22. The Kier molecular flexibility index (Phi) is 4.26. The van der Waals surface area contributed by atoms with Gasteiger partial charge in [-0.2, -0.15) is 0 Å². The van der Waals surface area contributed by atoms with Crippen LogP contribution < -0.4 is 0 Å². The fourth-order valence-electron chi connectivity index (χ4n) is 2.56. The van der Waals surface area contributed by atoms with Crippen molar-refractivity contribution in [1.29, 1.82) is 0 Å². The van der Waals surface area contributed by atoms with Crippen molar-refractivity contribution < 1.29 is 5.11 Å². The van der Waals surface area contributed by atoms with Crippen molar-refractivity contribution in [1.82, 2.24) is 0 Å². The molecule has 0 saturated heterocycles. The highest BCUT2D eigenvalue weighted by Gasteiger charge is 2.07. The van der Waals surface area contributed by atoms with Crippen LogP contribution in [0.5, 0.6) is 5.75 Å². The standard InChI is InChI=1S/C15H22O/c16-15-13-9-6-4-2-1-3-5-7-10-14(15)12-8-11-13/h8,11-12,16H,1-7,9-10H2. The molecule has 1 heteroatoms. The first-order valence-electron chi connectivity index (χ1n) is 6.67. The van der Waals surface area contributed by atoms with E-state index in [9.17, 15) is 5.11 Å². The number of hydrogen-bond acceptors (Lipinski definition) is 1. The zero-order valence-corrected chi connectivity index (χ0v) is 10.0. The molecule has 0 unspecified atom stereocenters. The molecule has 0 aliphatic heterocycles. The molecule has 0 saturated carbocycles. The van der Waals surface area contributed by atoms with Gasteiger partial charge in [0, 0.05) is 0 Å². The van der Waals surface area contributed by atoms with E-state index in [1.54, 1.807) is 0 Å². The Morgan fingerprint density at radius 2 is 1.12 bits per heavy atom. The third-order valence-electron chi connectivity index (χ3n) is 3.60. The molecule has 1 aliphatic rings. The number of phenolic OH excluding ortho intramolecular Hbond substituents is 1. The van der Waals surface area contributed by atoms with Crippen molar-refractivity contribution in [2.45, 2.75) is 57.8 Å². The number of benzene rings is 1. The lowest BCUT2D eigenvalue weighted by Gasteiger charge is -2.11. The predicted molar refractivity (Wildman–Crippen MR) is 67.8 cm³/mol. The average molecular weight is 218 g/mol. The summed E-state index contributed by atoms with van der Waals surface area (Å²) >= 11 is 0. The van der Waals surface area contributed by atoms with E-state index in [1.165, 1.54) is 44.9 Å². The molecule has 88 valence electrons. The van der Waals surface area contributed by atoms with Crippen LogP contribution in [0.15, 0.2) is 18.2 Å². The summed E-state index contributed by atoms with van der Waals surface area (Å²) < 4.78 is 0. The summed E-state index contributed by atoms with van der Waals surface area (Å²) in [6, 6.07) is 6.24. The molecule has 1 aromatic carbocycles. The molecule has 16 heavy (non-hydrogen) atoms. The summed E-state index contributed by atoms with van der Waals surface area (Å²) in [5.74, 6) is 0.572. The summed E-state index contributed by atoms with van der Waals surface area (Å²) in [7, 11) is 0. The molecule has 0 heterocycles. The van der Waals surface area contributed by atoms with Gasteiger partial charge in [-0.1, -0.05) is 50.3 Å². The number of fused-ring (bicyclic) bond motifs is 2. The topological polar surface area (TPSA) is 20.2 Å². The van der Waals surface area contributed by atoms with E-state index in [2.05, 4.69) is 18.2 Å². The first-order valence-corrected chi connectivity index (χ1v) is 6.67. The molecule has 1 aliphatic carbocycles. The van der Waals surface area contributed by atoms with E-state index in [4.69, 9.17) is 0 Å². The summed E-state index contributed by atoms with van der Waals surface area (Å²) in [4.78, 5) is 0. The normalized spacial score (nSPS) is 18.5. The van der Waals surface area contributed by atoms with Crippen LogP contribution in [0.25, 0.3) is 0 Å². The monoisotopic (exact) mass is 218 g/mol. The maximum absolute atomic E-state index is 10.1. The van der Waals surface area contributed by atoms with Crippen molar-refractivity contribution >= 4 is 0 Å². The third-order valence-corrected chi connectivity index (χ3v) is 3.60. The summed E-state index contributed by atoms with van der Waals surface area (Å²) in [5.41, 5.74) is 2.30. The van der Waals surface area contributed by atoms with Crippen LogP contribution in [0, 0.1) is 0 Å². The molecule has 2 rings (SSSR count). The zero-order chi connectivity index (χ0) is 11.2. The van der Waals surface area contributed by atoms with Crippen molar-refractivity contribution in [3.63, 3.8) is 0 Å². The summed E-state index contributed by atoms with van der Waals surface area (Å²) in [5, 5.41) is 10.1. The van der Waals surface area contributed by atoms with E-state index in [-0.39, 0.29) is 0 Å². The van der Waals surface area contributed by atoms with Crippen LogP contribution in [0.4, 0.5) is 0 Å². The fourth-order valence-corrected chi connectivity index (χ4v) is 2.56. The van der Waals surface area contributed by atoms with Crippen molar-refractivity contribution in [3.8, 4) is 5.75 Å². The van der Waals surface area contributed by atoms with Gasteiger partial charge in [-0.05, 0) is 36.8 Å². The highest BCUT2D eigenvalue weighted by atomic mass is 16.3. The summed E-state index contributed by atoms with van der Waals surface area (Å²) in [6.07, 6.45) is 11.3. The number of hydrogen-bond donors (Lipinski definition) is 1. The van der Waals surface area contributed by atoms with E-state index in [0.717, 1.165) is 24.0 Å². The Bertz CT molecular complexity index is 302. The van der Waals surface area contributed by atoms with Gasteiger partial charge < -0.3 is 5.11 Å². The lowest BCUT2D eigenvalue weighted by molar-refractivity contribution is 0.455. The van der Waals surface area contributed by atoms with Crippen molar-refractivity contribution in [2.75, 3.05) is 0 Å². The lowest BCUT2D eigenvalue weighted by Crippen LogP contribution is -1.94. The van der Waals surface area contributed by atoms with Crippen molar-refractivity contribution in [3.05, 3.63) is 29.3 Å². The van der Waals surface area contributed by atoms with E-state index >= 15 is 0 Å². The molecule has 0 atom stereocenters. The van der Waals surface area contributed by atoms with Gasteiger partial charge in [0.2, 0.25) is 0 Å². The Labute approximate surface area is 98.5 Å². The van der Waals surface area contributed by atoms with Crippen molar-refractivity contribution in [2.24, 2.45) is 0 Å². The van der Waals surface area contributed by atoms with Gasteiger partial charge in [0.1, 0.15) is 5.75 Å². The van der Waals surface area contributed by atoms with E-state index in [1.807, 2.05) is 0 Å². The number of para-hydroxylation sites is 1. The molecule has 0 amide bonds. The smallest absolute Gasteiger partial charge is 0.121 e. The molecule has 0 aromatic heterocycles. The van der Waals surface area contributed by atoms with E-state index < -0.39 is 0 Å². The van der Waals surface area contributed by atoms with Gasteiger partial charge in [0.15, 0.2) is 0 Å². The van der Waals surface area contributed by atoms with Crippen LogP contribution in [0.3, 0.4) is 0 Å². The lowest BCUT2D eigenvalue weighted by atomic mass is 9.97. The largest absolute Gasteiger partial charge is 0.507 e. The summed E-state index contributed by atoms with van der Waals surface area (Å²) in [6.45, 7) is 0. The third kappa shape index (κ3) is 3.01. The quantitative estimate of drug-likeness (QED) is 0.691. The SMILES string of the molecule is Oc1c2cccc1CCCCCCCCC2. The van der Waals surface area contributed by atoms with Gasteiger partial charge in [-0.15, -0.1) is 0 Å². The Morgan fingerprint density at radius 1 is 0.688 bits per heavy atom. The Hall–Kier alpha value is -0.980. The molecule has 1 aromatic rings. The van der Waals surface area contributed by atoms with Crippen LogP contribution in [0.1, 0.15) is 56.1 Å². The molecule has 0 spiro atoms. The second-order valence-corrected chi connectivity index (χ2v) is 4.90. The molecule has 0 fully saturated rings. The number of phenols is 1. The van der Waals surface area contributed by atoms with Gasteiger partial charge in [0.05, 0.1) is 0 Å². The molecule has 1 N–H and O–H groups in total. The van der Waals surface area contributed by atoms with Gasteiger partial charge in [-0.3, -0.25) is 0 Å². The minimum absolute atomic E-state index is 0.572. The van der Waals surface area contributed by atoms with Crippen LogP contribution in [-0.2, 0) is 12.8 Å². The Morgan fingerprint density at radius 3 is 1.62 bits per heavy atom. The first kappa shape index (κ1) is 11.5. The molecule has 1 nitrogen and oxygen atoms in total. The van der Waals surface area contributed by atoms with Gasteiger partial charge in [0.25, 0.3) is 0 Å². The number of aromatic hydroxyl groups is 1. The van der Waals surface area contributed by atoms with Crippen LogP contribution in [-0.4, -0.2) is 5.11 Å². The van der Waals surface area contributed by atoms with Crippen LogP contribution >= 0.6 is 0 Å². The first-order chi connectivity index (χ1) is 7.88. The fraction of sp³-hybridized carbons (Fsp3) is 0.600. The second kappa shape index (κ2) is 5.93. The molecule has 0 radical (unpaired) electrons. The molecule has 2 bridgehead atoms. The van der Waals surface area contributed by atoms with Crippen LogP contribution in [0.2, 0.25) is 0 Å². The van der Waals surface area contributed by atoms with Gasteiger partial charge in [-0.25, -0.2) is 0 Å². The minimum atomic E-state index is 0.572. The second-order valence-electron chi connectivity index (χ2n) is 4.90. The minimum Gasteiger partial charge on any atom is -0.507 e. The highest BCUT2D eigenvalue weighted by molar-refractivity contribution is 5.40. The molecular weight excluding hydrogens is 196 g/mol. The Balaban J connectivity index is 2.12. The van der Waals surface area contributed by atoms with Gasteiger partial charge >= 0.3 is 0 Å². The van der Waals surface area contributed by atoms with E-state index in [0.29, 0.717) is 5.75 Å². The highest BCUT2D eigenvalue weighted by Crippen LogP contribution is 2.26. The maximum atomic E-state index is 10.1. The number of aryl methyl sites for hydroxylation is 2. The maximum Gasteiger partial charge on any atom is 0.121 e. The average Bonchev–Trinajstić information content (AvgIpc) is 2.30. The molecular formula is C15H22O. The zero-order valence-electron chi connectivity index (χ0n) is 10.0.